The van der Waals surface area contributed by atoms with Gasteiger partial charge in [-0.2, -0.15) is 13.2 Å². The second-order valence-electron chi connectivity index (χ2n) is 15.4. The van der Waals surface area contributed by atoms with Gasteiger partial charge in [0.2, 0.25) is 0 Å². The minimum Gasteiger partial charge on any atom is -0.463 e. The first kappa shape index (κ1) is 42.3. The number of alkyl halides is 3. The van der Waals surface area contributed by atoms with Crippen molar-refractivity contribution in [1.29, 1.82) is 0 Å². The average Bonchev–Trinajstić information content (AvgIpc) is 3.56. The van der Waals surface area contributed by atoms with Crippen LogP contribution >= 0.6 is 11.6 Å². The number of urea groups is 1. The summed E-state index contributed by atoms with van der Waals surface area (Å²) in [6.07, 6.45) is -4.83. The largest absolute Gasteiger partial charge is 0.463 e. The number of esters is 1. The summed E-state index contributed by atoms with van der Waals surface area (Å²) in [6.45, 7) is 5.37. The molecular formula is C39H52ClF3N8O6. The molecule has 3 fully saturated rings. The quantitative estimate of drug-likeness (QED) is 0.254. The van der Waals surface area contributed by atoms with Crippen molar-refractivity contribution in [1.82, 2.24) is 29.4 Å². The van der Waals surface area contributed by atoms with Crippen LogP contribution in [0.15, 0.2) is 36.4 Å². The number of ether oxygens (including phenoxy) is 2. The molecule has 2 aromatic rings. The van der Waals surface area contributed by atoms with Crippen molar-refractivity contribution in [3.63, 3.8) is 0 Å². The molecule has 2 aromatic carbocycles. The molecule has 3 N–H and O–H groups in total. The molecule has 0 unspecified atom stereocenters. The summed E-state index contributed by atoms with van der Waals surface area (Å²) >= 11 is 6.13. The summed E-state index contributed by atoms with van der Waals surface area (Å²) < 4.78 is 52.9. The van der Waals surface area contributed by atoms with Gasteiger partial charge >= 0.3 is 24.3 Å². The molecule has 0 spiro atoms. The van der Waals surface area contributed by atoms with Crippen molar-refractivity contribution in [2.45, 2.75) is 56.5 Å². The molecular weight excluding hydrogens is 769 g/mol. The number of nitrogens with zero attached hydrogens (tertiary/aromatic N) is 6. The van der Waals surface area contributed by atoms with Gasteiger partial charge in [-0.3, -0.25) is 19.4 Å². The number of piperidine rings is 1. The number of piperazine rings is 1. The van der Waals surface area contributed by atoms with Crippen molar-refractivity contribution in [3.05, 3.63) is 58.1 Å². The first-order valence-corrected chi connectivity index (χ1v) is 19.9. The Balaban J connectivity index is 1.07. The van der Waals surface area contributed by atoms with Gasteiger partial charge in [0.25, 0.3) is 5.91 Å². The van der Waals surface area contributed by atoms with E-state index < -0.39 is 35.5 Å². The minimum atomic E-state index is -4.80. The number of halogens is 4. The number of para-hydroxylation sites is 1. The van der Waals surface area contributed by atoms with E-state index in [4.69, 9.17) is 26.8 Å². The Bertz CT molecular complexity index is 1770. The van der Waals surface area contributed by atoms with Crippen LogP contribution in [0.4, 0.5) is 34.1 Å². The molecule has 4 aliphatic heterocycles. The maximum Gasteiger partial charge on any atom is 0.418 e. The fourth-order valence-electron chi connectivity index (χ4n) is 8.05. The number of nitrogens with two attached hydrogens (primary N) is 1. The minimum absolute atomic E-state index is 0.0458. The van der Waals surface area contributed by atoms with Gasteiger partial charge in [0.05, 0.1) is 22.8 Å². The lowest BCUT2D eigenvalue weighted by molar-refractivity contribution is -0.145. The van der Waals surface area contributed by atoms with Crippen LogP contribution in [0, 0.1) is 0 Å². The lowest BCUT2D eigenvalue weighted by Crippen LogP contribution is -2.55. The van der Waals surface area contributed by atoms with Crippen molar-refractivity contribution in [2.24, 2.45) is 0 Å². The summed E-state index contributed by atoms with van der Waals surface area (Å²) in [7, 11) is 3.82. The lowest BCUT2D eigenvalue weighted by atomic mass is 10.0. The normalized spacial score (nSPS) is 20.6. The predicted octanol–water partition coefficient (Wildman–Crippen LogP) is 3.87. The zero-order chi connectivity index (χ0) is 40.9. The van der Waals surface area contributed by atoms with Gasteiger partial charge in [-0.1, -0.05) is 29.8 Å². The second kappa shape index (κ2) is 18.5. The summed E-state index contributed by atoms with van der Waals surface area (Å²) in [5.74, 6) is -0.785. The monoisotopic (exact) mass is 820 g/mol. The summed E-state index contributed by atoms with van der Waals surface area (Å²) in [5, 5.41) is 2.66. The van der Waals surface area contributed by atoms with Gasteiger partial charge in [-0.15, -0.1) is 0 Å². The molecule has 4 heterocycles. The number of carbonyl (C=O) groups is 4. The number of likely N-dealkylation sites (N-methyl/N-ethyl adjacent to an activating group) is 1. The number of nitrogens with one attached hydrogen (secondary N) is 1. The average molecular weight is 821 g/mol. The Kier molecular flexibility index (Phi) is 13.7. The highest BCUT2D eigenvalue weighted by Crippen LogP contribution is 2.38. The molecule has 57 heavy (non-hydrogen) atoms. The highest BCUT2D eigenvalue weighted by molar-refractivity contribution is 6.33. The molecule has 14 nitrogen and oxygen atoms in total. The number of fused-ring (bicyclic) bond motifs is 1. The molecule has 312 valence electrons. The van der Waals surface area contributed by atoms with Crippen LogP contribution in [-0.4, -0.2) is 164 Å². The van der Waals surface area contributed by atoms with E-state index in [1.807, 2.05) is 43.3 Å². The molecule has 3 saturated heterocycles. The van der Waals surface area contributed by atoms with Gasteiger partial charge in [0.15, 0.2) is 6.10 Å². The number of amides is 4. The molecule has 0 radical (unpaired) electrons. The number of hydrogen-bond donors (Lipinski definition) is 2. The maximum atomic E-state index is 14.1. The van der Waals surface area contributed by atoms with Crippen LogP contribution in [0.1, 0.15) is 36.0 Å². The van der Waals surface area contributed by atoms with E-state index in [0.717, 1.165) is 30.3 Å². The van der Waals surface area contributed by atoms with Gasteiger partial charge in [-0.05, 0) is 69.1 Å². The van der Waals surface area contributed by atoms with Crippen molar-refractivity contribution < 1.29 is 41.8 Å². The molecule has 4 amide bonds. The summed E-state index contributed by atoms with van der Waals surface area (Å²) in [5.41, 5.74) is 5.79. The third kappa shape index (κ3) is 10.8. The molecule has 4 aliphatic rings. The van der Waals surface area contributed by atoms with Crippen LogP contribution in [0.3, 0.4) is 0 Å². The Hall–Kier alpha value is -4.32. The number of rotatable bonds is 11. The Morgan fingerprint density at radius 3 is 2.37 bits per heavy atom. The van der Waals surface area contributed by atoms with E-state index >= 15 is 0 Å². The maximum absolute atomic E-state index is 14.1. The van der Waals surface area contributed by atoms with Crippen molar-refractivity contribution >= 4 is 47.0 Å². The summed E-state index contributed by atoms with van der Waals surface area (Å²) in [6, 6.07) is 9.62. The standard InChI is InChI=1S/C39H52ClF3N8O6/c1-46(2)19-20-56-34(52)25-47-11-8-29(24-47)48-15-17-49(18-16-48)36(53)33(23-26-21-30(39(41,42)43)35(44)31(40)22-26)57-38(55)50-12-9-28(10-13-50)51-14-7-27-5-3-4-6-32(27)45-37(51)54/h3-6,21-22,28-29,33H,7-20,23-25,44H2,1-2H3,(H,45,54)/t29-,33-/m1/s1. The van der Waals surface area contributed by atoms with E-state index in [2.05, 4.69) is 15.1 Å². The fraction of sp³-hybridized carbons (Fsp3) is 0.590. The third-order valence-electron chi connectivity index (χ3n) is 11.3. The lowest BCUT2D eigenvalue weighted by Gasteiger charge is -2.40. The van der Waals surface area contributed by atoms with E-state index in [1.54, 1.807) is 9.80 Å². The summed E-state index contributed by atoms with van der Waals surface area (Å²) in [4.78, 5) is 64.4. The molecule has 0 saturated carbocycles. The highest BCUT2D eigenvalue weighted by Gasteiger charge is 2.39. The number of nitrogen functional groups attached to an aromatic ring is 1. The van der Waals surface area contributed by atoms with Gasteiger partial charge < -0.3 is 40.1 Å². The molecule has 0 aliphatic carbocycles. The van der Waals surface area contributed by atoms with E-state index in [-0.39, 0.29) is 60.7 Å². The SMILES string of the molecule is CN(C)CCOC(=O)CN1CC[C@@H](N2CCN(C(=O)[C@@H](Cc3cc(Cl)c(N)c(C(F)(F)F)c3)OC(=O)N3CCC(N4CCc5ccccc5NC4=O)CC3)CC2)C1. The van der Waals surface area contributed by atoms with Gasteiger partial charge in [0, 0.05) is 89.6 Å². The smallest absolute Gasteiger partial charge is 0.418 e. The number of hydrogen-bond acceptors (Lipinski definition) is 10. The number of likely N-dealkylation sites (tertiary alicyclic amines) is 2. The van der Waals surface area contributed by atoms with E-state index in [0.29, 0.717) is 71.7 Å². The molecule has 0 aromatic heterocycles. The van der Waals surface area contributed by atoms with Gasteiger partial charge in [-0.25, -0.2) is 9.59 Å². The molecule has 18 heteroatoms. The third-order valence-corrected chi connectivity index (χ3v) is 11.6. The number of benzene rings is 2. The fourth-order valence-corrected chi connectivity index (χ4v) is 8.29. The highest BCUT2D eigenvalue weighted by atomic mass is 35.5. The van der Waals surface area contributed by atoms with Crippen LogP contribution in [0.2, 0.25) is 5.02 Å². The van der Waals surface area contributed by atoms with Crippen LogP contribution in [-0.2, 0) is 38.1 Å². The number of carbonyl (C=O) groups excluding carboxylic acids is 4. The van der Waals surface area contributed by atoms with Gasteiger partial charge in [0.1, 0.15) is 6.61 Å². The molecule has 0 bridgehead atoms. The molecule has 6 rings (SSSR count). The van der Waals surface area contributed by atoms with Crippen LogP contribution in [0.5, 0.6) is 0 Å². The topological polar surface area (TPSA) is 144 Å². The van der Waals surface area contributed by atoms with Crippen molar-refractivity contribution in [2.75, 3.05) is 104 Å². The van der Waals surface area contributed by atoms with Crippen LogP contribution < -0.4 is 11.1 Å². The van der Waals surface area contributed by atoms with Crippen molar-refractivity contribution in [3.8, 4) is 0 Å². The Labute approximate surface area is 335 Å². The predicted molar refractivity (Wildman–Crippen MR) is 208 cm³/mol. The first-order valence-electron chi connectivity index (χ1n) is 19.5. The zero-order valence-corrected chi connectivity index (χ0v) is 33.2. The second-order valence-corrected chi connectivity index (χ2v) is 15.8. The Morgan fingerprint density at radius 2 is 1.67 bits per heavy atom. The van der Waals surface area contributed by atoms with E-state index in [1.165, 1.54) is 11.0 Å². The molecule has 2 atom stereocenters. The van der Waals surface area contributed by atoms with Crippen LogP contribution in [0.25, 0.3) is 0 Å². The first-order chi connectivity index (χ1) is 27.2. The van der Waals surface area contributed by atoms with E-state index in [9.17, 15) is 32.3 Å². The number of anilines is 2. The Morgan fingerprint density at radius 1 is 0.965 bits per heavy atom. The zero-order valence-electron chi connectivity index (χ0n) is 32.4.